The van der Waals surface area contributed by atoms with E-state index in [4.69, 9.17) is 0 Å². The Hall–Kier alpha value is -3.35. The lowest BCUT2D eigenvalue weighted by Gasteiger charge is -2.29. The molecule has 2 nitrogen and oxygen atoms in total. The first-order valence-corrected chi connectivity index (χ1v) is 11.8. The van der Waals surface area contributed by atoms with E-state index in [0.29, 0.717) is 12.0 Å². The van der Waals surface area contributed by atoms with Gasteiger partial charge in [0.2, 0.25) is 0 Å². The molecular formula is C27H23O2P. The van der Waals surface area contributed by atoms with Crippen LogP contribution in [-0.2, 0) is 6.42 Å². The van der Waals surface area contributed by atoms with E-state index < -0.39 is 12.9 Å². The number of hydrogen-bond acceptors (Lipinski definition) is 1. The summed E-state index contributed by atoms with van der Waals surface area (Å²) >= 11 is 0. The highest BCUT2D eigenvalue weighted by Gasteiger charge is 2.24. The number of carboxylic acid groups (broad SMARTS) is 1. The van der Waals surface area contributed by atoms with Crippen LogP contribution < -0.4 is 15.9 Å². The minimum atomic E-state index is -2.09. The molecule has 0 aromatic heterocycles. The lowest BCUT2D eigenvalue weighted by molar-refractivity contribution is 0.0696. The van der Waals surface area contributed by atoms with E-state index in [0.717, 1.165) is 5.56 Å². The average molecular weight is 410 g/mol. The molecule has 0 aliphatic carbocycles. The zero-order chi connectivity index (χ0) is 20.8. The van der Waals surface area contributed by atoms with Gasteiger partial charge in [-0.05, 0) is 40.9 Å². The summed E-state index contributed by atoms with van der Waals surface area (Å²) in [4.78, 5) is 11.8. The van der Waals surface area contributed by atoms with Gasteiger partial charge < -0.3 is 5.11 Å². The Morgan fingerprint density at radius 3 is 1.47 bits per heavy atom. The normalized spacial score (nSPS) is 11.1. The molecule has 0 saturated carbocycles. The predicted octanol–water partition coefficient (Wildman–Crippen LogP) is 4.72. The number of rotatable bonds is 6. The summed E-state index contributed by atoms with van der Waals surface area (Å²) in [5, 5.41) is 13.4. The zero-order valence-electron chi connectivity index (χ0n) is 16.6. The number of carbonyl (C=O) groups is 1. The van der Waals surface area contributed by atoms with Crippen molar-refractivity contribution >= 4 is 34.6 Å². The SMILES string of the molecule is O=C(O)c1ccccc1CC=P(c1ccccc1)(c1ccccc1)c1ccccc1. The Bertz CT molecular complexity index is 1080. The largest absolute Gasteiger partial charge is 0.478 e. The third-order valence-corrected chi connectivity index (χ3v) is 9.39. The van der Waals surface area contributed by atoms with Gasteiger partial charge in [-0.25, -0.2) is 4.79 Å². The first-order chi connectivity index (χ1) is 14.7. The zero-order valence-corrected chi connectivity index (χ0v) is 17.5. The Balaban J connectivity index is 2.01. The van der Waals surface area contributed by atoms with Gasteiger partial charge in [0.05, 0.1) is 5.56 Å². The standard InChI is InChI=1S/C27H23O2P/c28-27(29)26-19-11-10-12-22(26)20-21-30(23-13-4-1-5-14-23,24-15-6-2-7-16-24)25-17-8-3-9-18-25/h1-19,21H,20H2,(H,28,29). The summed E-state index contributed by atoms with van der Waals surface area (Å²) in [5.41, 5.74) is 1.19. The van der Waals surface area contributed by atoms with Crippen LogP contribution in [0, 0.1) is 0 Å². The van der Waals surface area contributed by atoms with Crippen molar-refractivity contribution in [2.75, 3.05) is 0 Å². The topological polar surface area (TPSA) is 37.3 Å². The van der Waals surface area contributed by atoms with E-state index in [1.54, 1.807) is 12.1 Å². The van der Waals surface area contributed by atoms with Crippen LogP contribution in [0.25, 0.3) is 0 Å². The van der Waals surface area contributed by atoms with Crippen molar-refractivity contribution in [1.82, 2.24) is 0 Å². The second-order valence-electron chi connectivity index (χ2n) is 7.08. The molecule has 0 spiro atoms. The average Bonchev–Trinajstić information content (AvgIpc) is 2.82. The molecule has 0 heterocycles. The van der Waals surface area contributed by atoms with Gasteiger partial charge in [0.1, 0.15) is 0 Å². The van der Waals surface area contributed by atoms with E-state index in [1.807, 2.05) is 30.3 Å². The van der Waals surface area contributed by atoms with Gasteiger partial charge in [0, 0.05) is 0 Å². The van der Waals surface area contributed by atoms with Crippen LogP contribution in [-0.4, -0.2) is 16.9 Å². The molecule has 0 amide bonds. The first kappa shape index (κ1) is 19.9. The van der Waals surface area contributed by atoms with Gasteiger partial charge in [-0.15, -0.1) is 0 Å². The maximum Gasteiger partial charge on any atom is 0.335 e. The lowest BCUT2D eigenvalue weighted by Crippen LogP contribution is -2.27. The number of hydrogen-bond donors (Lipinski definition) is 1. The van der Waals surface area contributed by atoms with Crippen molar-refractivity contribution in [3.63, 3.8) is 0 Å². The molecule has 4 aromatic carbocycles. The predicted molar refractivity (Wildman–Crippen MR) is 128 cm³/mol. The van der Waals surface area contributed by atoms with Gasteiger partial charge in [-0.1, -0.05) is 115 Å². The molecule has 0 atom stereocenters. The molecule has 0 aliphatic rings. The van der Waals surface area contributed by atoms with Gasteiger partial charge in [0.15, 0.2) is 0 Å². The summed E-state index contributed by atoms with van der Waals surface area (Å²) in [5.74, 6) is 1.47. The highest BCUT2D eigenvalue weighted by molar-refractivity contribution is 7.94. The van der Waals surface area contributed by atoms with Gasteiger partial charge in [-0.3, -0.25) is 0 Å². The van der Waals surface area contributed by atoms with Crippen molar-refractivity contribution < 1.29 is 9.90 Å². The quantitative estimate of drug-likeness (QED) is 0.467. The Morgan fingerprint density at radius 1 is 0.633 bits per heavy atom. The molecule has 1 N–H and O–H groups in total. The van der Waals surface area contributed by atoms with Crippen LogP contribution in [0.5, 0.6) is 0 Å². The third kappa shape index (κ3) is 3.87. The van der Waals surface area contributed by atoms with Gasteiger partial charge >= 0.3 is 5.97 Å². The molecule has 0 fully saturated rings. The summed E-state index contributed by atoms with van der Waals surface area (Å²) in [7, 11) is 0. The first-order valence-electron chi connectivity index (χ1n) is 9.93. The maximum atomic E-state index is 11.8. The molecular weight excluding hydrogens is 387 g/mol. The van der Waals surface area contributed by atoms with E-state index in [-0.39, 0.29) is 0 Å². The Kier molecular flexibility index (Phi) is 5.97. The fraction of sp³-hybridized carbons (Fsp3) is 0.0370. The summed E-state index contributed by atoms with van der Waals surface area (Å²) < 4.78 is 0. The molecule has 0 bridgehead atoms. The van der Waals surface area contributed by atoms with Crippen molar-refractivity contribution in [2.24, 2.45) is 0 Å². The maximum absolute atomic E-state index is 11.8. The smallest absolute Gasteiger partial charge is 0.335 e. The van der Waals surface area contributed by atoms with Crippen LogP contribution in [0.1, 0.15) is 15.9 Å². The fourth-order valence-electron chi connectivity index (χ4n) is 3.90. The van der Waals surface area contributed by atoms with E-state index in [9.17, 15) is 9.90 Å². The van der Waals surface area contributed by atoms with E-state index in [1.165, 1.54) is 15.9 Å². The minimum Gasteiger partial charge on any atom is -0.478 e. The van der Waals surface area contributed by atoms with Crippen molar-refractivity contribution in [1.29, 1.82) is 0 Å². The molecule has 4 aromatic rings. The Labute approximate surface area is 177 Å². The number of aromatic carboxylic acids is 1. The van der Waals surface area contributed by atoms with Gasteiger partial charge in [-0.2, -0.15) is 0 Å². The van der Waals surface area contributed by atoms with Crippen molar-refractivity contribution in [3.05, 3.63) is 126 Å². The molecule has 0 saturated heterocycles. The lowest BCUT2D eigenvalue weighted by atomic mass is 10.1. The highest BCUT2D eigenvalue weighted by atomic mass is 31.2. The van der Waals surface area contributed by atoms with Crippen LogP contribution >= 0.6 is 6.89 Å². The van der Waals surface area contributed by atoms with Crippen LogP contribution in [0.2, 0.25) is 0 Å². The van der Waals surface area contributed by atoms with Gasteiger partial charge in [0.25, 0.3) is 0 Å². The van der Waals surface area contributed by atoms with Crippen LogP contribution in [0.15, 0.2) is 115 Å². The van der Waals surface area contributed by atoms with E-state index >= 15 is 0 Å². The second kappa shape index (κ2) is 8.98. The molecule has 3 heteroatoms. The summed E-state index contributed by atoms with van der Waals surface area (Å²) in [6.45, 7) is -2.09. The molecule has 148 valence electrons. The van der Waals surface area contributed by atoms with Crippen LogP contribution in [0.4, 0.5) is 0 Å². The molecule has 0 aliphatic heterocycles. The number of carboxylic acids is 1. The third-order valence-electron chi connectivity index (χ3n) is 5.32. The molecule has 0 unspecified atom stereocenters. The fourth-order valence-corrected chi connectivity index (χ4v) is 7.82. The summed E-state index contributed by atoms with van der Waals surface area (Å²) in [6.07, 6.45) is 0.578. The monoisotopic (exact) mass is 410 g/mol. The summed E-state index contributed by atoms with van der Waals surface area (Å²) in [6, 6.07) is 39.0. The van der Waals surface area contributed by atoms with Crippen LogP contribution in [0.3, 0.4) is 0 Å². The Morgan fingerprint density at radius 2 is 1.03 bits per heavy atom. The minimum absolute atomic E-state index is 0.362. The van der Waals surface area contributed by atoms with Crippen molar-refractivity contribution in [3.8, 4) is 0 Å². The second-order valence-corrected chi connectivity index (χ2v) is 10.4. The van der Waals surface area contributed by atoms with Crippen molar-refractivity contribution in [2.45, 2.75) is 6.42 Å². The highest BCUT2D eigenvalue weighted by Crippen LogP contribution is 2.43. The molecule has 4 rings (SSSR count). The van der Waals surface area contributed by atoms with E-state index in [2.05, 4.69) is 78.6 Å². The molecule has 0 radical (unpaired) electrons. The molecule has 30 heavy (non-hydrogen) atoms. The number of benzene rings is 4.